The highest BCUT2D eigenvalue weighted by Gasteiger charge is 2.01. The van der Waals surface area contributed by atoms with E-state index in [1.807, 2.05) is 13.8 Å². The molecule has 2 atom stereocenters. The highest BCUT2D eigenvalue weighted by molar-refractivity contribution is 4.58. The molecule has 0 aliphatic heterocycles. The summed E-state index contributed by atoms with van der Waals surface area (Å²) in [6.45, 7) is 4.19. The molecule has 0 saturated heterocycles. The molecule has 0 rings (SSSR count). The van der Waals surface area contributed by atoms with Crippen molar-refractivity contribution in [3.05, 3.63) is 0 Å². The summed E-state index contributed by atoms with van der Waals surface area (Å²) in [4.78, 5) is 0. The number of aliphatic hydroxyl groups excluding tert-OH is 1. The van der Waals surface area contributed by atoms with Crippen LogP contribution in [0.5, 0.6) is 0 Å². The fourth-order valence-corrected chi connectivity index (χ4v) is 0.709. The van der Waals surface area contributed by atoms with Crippen molar-refractivity contribution in [2.45, 2.75) is 26.3 Å². The van der Waals surface area contributed by atoms with E-state index in [0.717, 1.165) is 6.42 Å². The largest absolute Gasteiger partial charge is 0.396 e. The third-order valence-electron chi connectivity index (χ3n) is 1.09. The fourth-order valence-electron chi connectivity index (χ4n) is 0.709. The monoisotopic (exact) mass is 117 g/mol. The zero-order valence-corrected chi connectivity index (χ0v) is 5.59. The van der Waals surface area contributed by atoms with Gasteiger partial charge in [-0.2, -0.15) is 0 Å². The van der Waals surface area contributed by atoms with Gasteiger partial charge in [-0.05, 0) is 19.3 Å². The van der Waals surface area contributed by atoms with Crippen LogP contribution in [0.1, 0.15) is 20.3 Å². The predicted octanol–water partition coefficient (Wildman–Crippen LogP) is 0.352. The van der Waals surface area contributed by atoms with Crippen LogP contribution in [0.25, 0.3) is 0 Å². The first-order valence-electron chi connectivity index (χ1n) is 3.03. The maximum Gasteiger partial charge on any atom is 0.0457 e. The van der Waals surface area contributed by atoms with Crippen molar-refractivity contribution >= 4 is 0 Å². The number of aliphatic hydroxyl groups is 1. The molecule has 0 saturated carbocycles. The molecular weight excluding hydrogens is 102 g/mol. The number of hydrogen-bond acceptors (Lipinski definition) is 2. The van der Waals surface area contributed by atoms with E-state index >= 15 is 0 Å². The summed E-state index contributed by atoms with van der Waals surface area (Å²) < 4.78 is 0. The van der Waals surface area contributed by atoms with Crippen molar-refractivity contribution in [2.24, 2.45) is 11.7 Å². The molecule has 50 valence electrons. The van der Waals surface area contributed by atoms with Crippen LogP contribution in [0.4, 0.5) is 0 Å². The van der Waals surface area contributed by atoms with Gasteiger partial charge in [0.1, 0.15) is 0 Å². The van der Waals surface area contributed by atoms with E-state index in [-0.39, 0.29) is 12.6 Å². The van der Waals surface area contributed by atoms with Crippen molar-refractivity contribution in [2.75, 3.05) is 6.61 Å². The van der Waals surface area contributed by atoms with Crippen molar-refractivity contribution in [1.29, 1.82) is 0 Å². The Morgan fingerprint density at radius 1 is 1.50 bits per heavy atom. The lowest BCUT2D eigenvalue weighted by Gasteiger charge is -2.09. The number of rotatable bonds is 3. The van der Waals surface area contributed by atoms with E-state index in [1.54, 1.807) is 0 Å². The molecule has 0 aromatic heterocycles. The van der Waals surface area contributed by atoms with Crippen LogP contribution in [-0.2, 0) is 0 Å². The lowest BCUT2D eigenvalue weighted by atomic mass is 10.1. The van der Waals surface area contributed by atoms with Gasteiger partial charge in [0, 0.05) is 12.6 Å². The first kappa shape index (κ1) is 7.92. The number of nitrogens with two attached hydrogens (primary N) is 1. The standard InChI is InChI=1S/C6H15NO/c1-5(4-8)3-6(2)7/h5-6,8H,3-4,7H2,1-2H3/t5-,6+/m1/s1. The SMILES string of the molecule is C[C@@H](CO)C[C@H](C)N. The molecule has 2 heteroatoms. The van der Waals surface area contributed by atoms with E-state index in [0.29, 0.717) is 5.92 Å². The highest BCUT2D eigenvalue weighted by Crippen LogP contribution is 2.01. The Hall–Kier alpha value is -0.0800. The molecule has 3 N–H and O–H groups in total. The topological polar surface area (TPSA) is 46.2 Å². The van der Waals surface area contributed by atoms with Crippen molar-refractivity contribution in [3.63, 3.8) is 0 Å². The van der Waals surface area contributed by atoms with Gasteiger partial charge in [0.2, 0.25) is 0 Å². The lowest BCUT2D eigenvalue weighted by molar-refractivity contribution is 0.225. The zero-order chi connectivity index (χ0) is 6.57. The average molecular weight is 117 g/mol. The summed E-state index contributed by atoms with van der Waals surface area (Å²) in [7, 11) is 0. The second-order valence-corrected chi connectivity index (χ2v) is 2.50. The zero-order valence-electron chi connectivity index (χ0n) is 5.59. The minimum absolute atomic E-state index is 0.220. The lowest BCUT2D eigenvalue weighted by Crippen LogP contribution is -2.19. The van der Waals surface area contributed by atoms with Crippen molar-refractivity contribution in [1.82, 2.24) is 0 Å². The van der Waals surface area contributed by atoms with Gasteiger partial charge in [-0.1, -0.05) is 6.92 Å². The van der Waals surface area contributed by atoms with Gasteiger partial charge in [-0.3, -0.25) is 0 Å². The molecule has 0 aliphatic carbocycles. The van der Waals surface area contributed by atoms with Gasteiger partial charge in [0.15, 0.2) is 0 Å². The van der Waals surface area contributed by atoms with E-state index in [2.05, 4.69) is 0 Å². The molecule has 0 amide bonds. The summed E-state index contributed by atoms with van der Waals surface area (Å²) in [5, 5.41) is 8.53. The van der Waals surface area contributed by atoms with Gasteiger partial charge in [0.05, 0.1) is 0 Å². The van der Waals surface area contributed by atoms with Crippen LogP contribution in [0.2, 0.25) is 0 Å². The maximum absolute atomic E-state index is 8.53. The van der Waals surface area contributed by atoms with Crippen LogP contribution >= 0.6 is 0 Å². The first-order chi connectivity index (χ1) is 3.66. The van der Waals surface area contributed by atoms with E-state index in [4.69, 9.17) is 10.8 Å². The van der Waals surface area contributed by atoms with Crippen LogP contribution < -0.4 is 5.73 Å². The summed E-state index contributed by atoms with van der Waals surface area (Å²) in [6.07, 6.45) is 0.913. The van der Waals surface area contributed by atoms with Crippen LogP contribution in [0.3, 0.4) is 0 Å². The molecule has 0 unspecified atom stereocenters. The van der Waals surface area contributed by atoms with Crippen molar-refractivity contribution in [3.8, 4) is 0 Å². The van der Waals surface area contributed by atoms with Crippen LogP contribution in [0.15, 0.2) is 0 Å². The molecule has 0 heterocycles. The second kappa shape index (κ2) is 3.87. The molecule has 0 fully saturated rings. The van der Waals surface area contributed by atoms with E-state index < -0.39 is 0 Å². The Kier molecular flexibility index (Phi) is 3.83. The number of hydrogen-bond donors (Lipinski definition) is 2. The molecular formula is C6H15NO. The Bertz CT molecular complexity index is 54.5. The molecule has 0 radical (unpaired) electrons. The van der Waals surface area contributed by atoms with Crippen LogP contribution in [0, 0.1) is 5.92 Å². The molecule has 8 heavy (non-hydrogen) atoms. The minimum atomic E-state index is 0.220. The van der Waals surface area contributed by atoms with E-state index in [1.165, 1.54) is 0 Å². The van der Waals surface area contributed by atoms with Gasteiger partial charge >= 0.3 is 0 Å². The quantitative estimate of drug-likeness (QED) is 0.560. The highest BCUT2D eigenvalue weighted by atomic mass is 16.3. The predicted molar refractivity (Wildman–Crippen MR) is 34.5 cm³/mol. The first-order valence-corrected chi connectivity index (χ1v) is 3.03. The summed E-state index contributed by atoms with van der Waals surface area (Å²) in [5.41, 5.74) is 5.46. The molecule has 0 aromatic carbocycles. The van der Waals surface area contributed by atoms with Gasteiger partial charge in [-0.25, -0.2) is 0 Å². The summed E-state index contributed by atoms with van der Waals surface area (Å²) in [6, 6.07) is 0.220. The van der Waals surface area contributed by atoms with Gasteiger partial charge in [-0.15, -0.1) is 0 Å². The molecule has 0 aromatic rings. The fraction of sp³-hybridized carbons (Fsp3) is 1.00. The summed E-state index contributed by atoms with van der Waals surface area (Å²) in [5.74, 6) is 0.356. The van der Waals surface area contributed by atoms with Gasteiger partial charge in [0.25, 0.3) is 0 Å². The Morgan fingerprint density at radius 2 is 2.00 bits per heavy atom. The Morgan fingerprint density at radius 3 is 2.12 bits per heavy atom. The Labute approximate surface area is 50.7 Å². The maximum atomic E-state index is 8.53. The molecule has 0 aliphatic rings. The molecule has 0 bridgehead atoms. The van der Waals surface area contributed by atoms with E-state index in [9.17, 15) is 0 Å². The van der Waals surface area contributed by atoms with Crippen LogP contribution in [-0.4, -0.2) is 17.8 Å². The average Bonchev–Trinajstić information content (AvgIpc) is 1.65. The third-order valence-corrected chi connectivity index (χ3v) is 1.09. The minimum Gasteiger partial charge on any atom is -0.396 e. The second-order valence-electron chi connectivity index (χ2n) is 2.50. The smallest absolute Gasteiger partial charge is 0.0457 e. The molecule has 2 nitrogen and oxygen atoms in total. The molecule has 0 spiro atoms. The Balaban J connectivity index is 3.10. The van der Waals surface area contributed by atoms with Crippen molar-refractivity contribution < 1.29 is 5.11 Å². The normalized spacial score (nSPS) is 18.0. The van der Waals surface area contributed by atoms with Gasteiger partial charge < -0.3 is 10.8 Å². The third kappa shape index (κ3) is 4.09. The summed E-state index contributed by atoms with van der Waals surface area (Å²) >= 11 is 0.